The van der Waals surface area contributed by atoms with Crippen LogP contribution in [0.4, 0.5) is 0 Å². The average molecular weight is 290 g/mol. The summed E-state index contributed by atoms with van der Waals surface area (Å²) in [4.78, 5) is 11.6. The van der Waals surface area contributed by atoms with Gasteiger partial charge in [-0.3, -0.25) is 4.79 Å². The first-order valence-corrected chi connectivity index (χ1v) is 7.67. The van der Waals surface area contributed by atoms with E-state index in [0.29, 0.717) is 11.8 Å². The largest absolute Gasteiger partial charge is 0.356 e. The summed E-state index contributed by atoms with van der Waals surface area (Å²) in [7, 11) is 0. The number of hydrogen-bond donors (Lipinski definition) is 1. The molecule has 1 amide bonds. The lowest BCUT2D eigenvalue weighted by molar-refractivity contribution is -0.121. The third kappa shape index (κ3) is 4.44. The van der Waals surface area contributed by atoms with Gasteiger partial charge in [-0.05, 0) is 24.7 Å². The Kier molecular flexibility index (Phi) is 6.40. The summed E-state index contributed by atoms with van der Waals surface area (Å²) in [5.74, 6) is 0.237. The number of alkyl halides is 1. The molecule has 0 atom stereocenters. The predicted octanol–water partition coefficient (Wildman–Crippen LogP) is 3.64. The number of nitrogens with one attached hydrogen (secondary N) is 1. The van der Waals surface area contributed by atoms with Crippen LogP contribution in [0.5, 0.6) is 0 Å². The van der Waals surface area contributed by atoms with Crippen molar-refractivity contribution in [3.05, 3.63) is 0 Å². The predicted molar refractivity (Wildman–Crippen MR) is 71.8 cm³/mol. The van der Waals surface area contributed by atoms with E-state index in [-0.39, 0.29) is 5.91 Å². The second-order valence-corrected chi connectivity index (χ2v) is 5.64. The smallest absolute Gasteiger partial charge is 0.220 e. The Morgan fingerprint density at radius 2 is 2.00 bits per heavy atom. The van der Waals surface area contributed by atoms with E-state index in [9.17, 15) is 4.79 Å². The van der Waals surface area contributed by atoms with Crippen molar-refractivity contribution >= 4 is 21.8 Å². The van der Waals surface area contributed by atoms with E-state index in [1.165, 1.54) is 32.1 Å². The lowest BCUT2D eigenvalue weighted by atomic mass is 9.89. The van der Waals surface area contributed by atoms with Crippen molar-refractivity contribution in [2.45, 2.75) is 58.3 Å². The molecule has 0 aromatic rings. The van der Waals surface area contributed by atoms with Crippen LogP contribution in [0, 0.1) is 5.41 Å². The first-order valence-electron chi connectivity index (χ1n) is 6.55. The molecule has 0 radical (unpaired) electrons. The highest BCUT2D eigenvalue weighted by Gasteiger charge is 2.32. The number of carbonyl (C=O) groups is 1. The summed E-state index contributed by atoms with van der Waals surface area (Å²) in [6.07, 6.45) is 9.22. The molecule has 0 aromatic carbocycles. The molecule has 1 N–H and O–H groups in total. The average Bonchev–Trinajstić information content (AvgIpc) is 2.76. The lowest BCUT2D eigenvalue weighted by Gasteiger charge is -2.26. The second-order valence-electron chi connectivity index (χ2n) is 5.07. The van der Waals surface area contributed by atoms with Gasteiger partial charge in [0.25, 0.3) is 0 Å². The summed E-state index contributed by atoms with van der Waals surface area (Å²) in [5.41, 5.74) is 0.348. The zero-order valence-corrected chi connectivity index (χ0v) is 11.9. The SMILES string of the molecule is CCCCCC(=O)NCC1(CBr)CCCC1. The van der Waals surface area contributed by atoms with Crippen LogP contribution in [0.15, 0.2) is 0 Å². The normalized spacial score (nSPS) is 18.6. The van der Waals surface area contributed by atoms with Crippen LogP contribution in [-0.4, -0.2) is 17.8 Å². The first-order chi connectivity index (χ1) is 7.72. The van der Waals surface area contributed by atoms with E-state index >= 15 is 0 Å². The van der Waals surface area contributed by atoms with Gasteiger partial charge >= 0.3 is 0 Å². The minimum absolute atomic E-state index is 0.237. The number of carbonyl (C=O) groups excluding carboxylic acids is 1. The molecule has 0 aliphatic heterocycles. The maximum Gasteiger partial charge on any atom is 0.220 e. The summed E-state index contributed by atoms with van der Waals surface area (Å²) in [6.45, 7) is 3.03. The summed E-state index contributed by atoms with van der Waals surface area (Å²) in [5, 5.41) is 4.13. The number of amides is 1. The van der Waals surface area contributed by atoms with Gasteiger partial charge in [0.15, 0.2) is 0 Å². The fourth-order valence-electron chi connectivity index (χ4n) is 2.39. The molecule has 0 saturated heterocycles. The van der Waals surface area contributed by atoms with Crippen molar-refractivity contribution in [1.29, 1.82) is 0 Å². The number of rotatable bonds is 7. The molecular weight excluding hydrogens is 266 g/mol. The number of unbranched alkanes of at least 4 members (excludes halogenated alkanes) is 2. The third-order valence-corrected chi connectivity index (χ3v) is 4.81. The molecule has 16 heavy (non-hydrogen) atoms. The van der Waals surface area contributed by atoms with E-state index in [1.807, 2.05) is 0 Å². The molecule has 1 aliphatic carbocycles. The zero-order valence-electron chi connectivity index (χ0n) is 10.4. The molecular formula is C13H24BrNO. The molecule has 94 valence electrons. The van der Waals surface area contributed by atoms with Gasteiger partial charge in [-0.2, -0.15) is 0 Å². The quantitative estimate of drug-likeness (QED) is 0.563. The fraction of sp³-hybridized carbons (Fsp3) is 0.923. The molecule has 1 aliphatic rings. The molecule has 0 unspecified atom stereocenters. The Morgan fingerprint density at radius 1 is 1.31 bits per heavy atom. The van der Waals surface area contributed by atoms with Crippen LogP contribution in [0.2, 0.25) is 0 Å². The highest BCUT2D eigenvalue weighted by atomic mass is 79.9. The van der Waals surface area contributed by atoms with Crippen molar-refractivity contribution in [3.63, 3.8) is 0 Å². The van der Waals surface area contributed by atoms with Crippen molar-refractivity contribution in [2.75, 3.05) is 11.9 Å². The van der Waals surface area contributed by atoms with E-state index in [4.69, 9.17) is 0 Å². The minimum atomic E-state index is 0.237. The molecule has 1 fully saturated rings. The van der Waals surface area contributed by atoms with Gasteiger partial charge in [-0.25, -0.2) is 0 Å². The summed E-state index contributed by atoms with van der Waals surface area (Å²) in [6, 6.07) is 0. The summed E-state index contributed by atoms with van der Waals surface area (Å²) >= 11 is 3.60. The maximum atomic E-state index is 11.6. The topological polar surface area (TPSA) is 29.1 Å². The van der Waals surface area contributed by atoms with Crippen LogP contribution in [0.3, 0.4) is 0 Å². The van der Waals surface area contributed by atoms with E-state index in [2.05, 4.69) is 28.2 Å². The van der Waals surface area contributed by atoms with E-state index in [0.717, 1.165) is 24.7 Å². The van der Waals surface area contributed by atoms with Crippen LogP contribution in [-0.2, 0) is 4.79 Å². The highest BCUT2D eigenvalue weighted by Crippen LogP contribution is 2.38. The van der Waals surface area contributed by atoms with E-state index in [1.54, 1.807) is 0 Å². The summed E-state index contributed by atoms with van der Waals surface area (Å²) < 4.78 is 0. The molecule has 0 aromatic heterocycles. The van der Waals surface area contributed by atoms with Crippen molar-refractivity contribution in [3.8, 4) is 0 Å². The Balaban J connectivity index is 2.19. The van der Waals surface area contributed by atoms with Crippen molar-refractivity contribution in [1.82, 2.24) is 5.32 Å². The van der Waals surface area contributed by atoms with Crippen molar-refractivity contribution in [2.24, 2.45) is 5.41 Å². The standard InChI is InChI=1S/C13H24BrNO/c1-2-3-4-7-12(16)15-11-13(10-14)8-5-6-9-13/h2-11H2,1H3,(H,15,16). The molecule has 3 heteroatoms. The van der Waals surface area contributed by atoms with Gasteiger partial charge in [0.2, 0.25) is 5.91 Å². The lowest BCUT2D eigenvalue weighted by Crippen LogP contribution is -2.36. The Morgan fingerprint density at radius 3 is 2.56 bits per heavy atom. The second kappa shape index (κ2) is 7.31. The monoisotopic (exact) mass is 289 g/mol. The third-order valence-electron chi connectivity index (χ3n) is 3.62. The van der Waals surface area contributed by atoms with Gasteiger partial charge in [0.1, 0.15) is 0 Å². The number of hydrogen-bond acceptors (Lipinski definition) is 1. The van der Waals surface area contributed by atoms with Crippen LogP contribution < -0.4 is 5.32 Å². The maximum absolute atomic E-state index is 11.6. The highest BCUT2D eigenvalue weighted by molar-refractivity contribution is 9.09. The van der Waals surface area contributed by atoms with E-state index < -0.39 is 0 Å². The first kappa shape index (κ1) is 14.0. The molecule has 1 rings (SSSR count). The molecule has 0 heterocycles. The Hall–Kier alpha value is -0.0500. The minimum Gasteiger partial charge on any atom is -0.356 e. The molecule has 1 saturated carbocycles. The zero-order chi connectivity index (χ0) is 11.9. The van der Waals surface area contributed by atoms with Gasteiger partial charge in [0.05, 0.1) is 0 Å². The Bertz CT molecular complexity index is 212. The molecule has 2 nitrogen and oxygen atoms in total. The fourth-order valence-corrected chi connectivity index (χ4v) is 3.15. The van der Waals surface area contributed by atoms with Crippen LogP contribution >= 0.6 is 15.9 Å². The van der Waals surface area contributed by atoms with Gasteiger partial charge in [0, 0.05) is 18.3 Å². The van der Waals surface area contributed by atoms with Gasteiger partial charge in [-0.15, -0.1) is 0 Å². The number of halogens is 1. The van der Waals surface area contributed by atoms with Gasteiger partial charge in [-0.1, -0.05) is 48.5 Å². The molecule has 0 spiro atoms. The Labute approximate surface area is 108 Å². The van der Waals surface area contributed by atoms with Crippen LogP contribution in [0.25, 0.3) is 0 Å². The van der Waals surface area contributed by atoms with Crippen molar-refractivity contribution < 1.29 is 4.79 Å². The van der Waals surface area contributed by atoms with Crippen LogP contribution in [0.1, 0.15) is 58.3 Å². The molecule has 0 bridgehead atoms. The van der Waals surface area contributed by atoms with Gasteiger partial charge < -0.3 is 5.32 Å².